The van der Waals surface area contributed by atoms with Crippen LogP contribution in [0.4, 0.5) is 5.69 Å². The molecule has 0 atom stereocenters. The van der Waals surface area contributed by atoms with Crippen LogP contribution in [0.1, 0.15) is 42.5 Å². The van der Waals surface area contributed by atoms with Crippen LogP contribution in [0.3, 0.4) is 0 Å². The Balaban J connectivity index is 1.74. The molecule has 0 aliphatic heterocycles. The second-order valence-corrected chi connectivity index (χ2v) is 7.01. The second-order valence-electron chi connectivity index (χ2n) is 6.58. The fraction of sp³-hybridized carbons (Fsp3) is 0. The minimum atomic E-state index is -0.502. The van der Waals surface area contributed by atoms with E-state index in [-0.39, 0.29) is 33.9 Å². The van der Waals surface area contributed by atoms with E-state index in [1.165, 1.54) is 6.20 Å². The molecule has 1 N–H and O–H groups in total. The Kier molecular flexibility index (Phi) is 3.82. The summed E-state index contributed by atoms with van der Waals surface area (Å²) in [5.74, 6) is -1.29. The van der Waals surface area contributed by atoms with Gasteiger partial charge in [-0.15, -0.1) is 0 Å². The third kappa shape index (κ3) is 2.57. The normalized spacial score (nSPS) is 12.6. The van der Waals surface area contributed by atoms with Crippen molar-refractivity contribution in [3.05, 3.63) is 100 Å². The van der Waals surface area contributed by atoms with Crippen molar-refractivity contribution in [1.82, 2.24) is 9.38 Å². The molecule has 140 valence electrons. The molecule has 0 radical (unpaired) electrons. The molecule has 6 nitrogen and oxygen atoms in total. The standard InChI is InChI=1S/C22H12ClN3O3/c23-12-5-3-6-13(11-12)25-22(29)16-15-8-1-2-10-26(15)19-17(16)21(28)18-14(20(19)27)7-4-9-24-18/h1-11H,(H,25,29). The molecule has 5 rings (SSSR count). The average Bonchev–Trinajstić information content (AvgIpc) is 3.08. The maximum absolute atomic E-state index is 13.2. The topological polar surface area (TPSA) is 80.5 Å². The highest BCUT2D eigenvalue weighted by molar-refractivity contribution is 6.32. The van der Waals surface area contributed by atoms with Gasteiger partial charge in [0.1, 0.15) is 11.4 Å². The summed E-state index contributed by atoms with van der Waals surface area (Å²) in [6, 6.07) is 15.1. The van der Waals surface area contributed by atoms with Gasteiger partial charge in [-0.2, -0.15) is 0 Å². The molecule has 1 amide bonds. The number of ketones is 2. The minimum Gasteiger partial charge on any atom is -0.322 e. The summed E-state index contributed by atoms with van der Waals surface area (Å²) in [6.45, 7) is 0. The average molecular weight is 402 g/mol. The molecule has 1 aromatic carbocycles. The molecule has 4 aromatic rings. The molecule has 0 bridgehead atoms. The van der Waals surface area contributed by atoms with E-state index in [1.807, 2.05) is 0 Å². The zero-order valence-corrected chi connectivity index (χ0v) is 15.6. The van der Waals surface area contributed by atoms with E-state index in [0.717, 1.165) is 0 Å². The zero-order valence-electron chi connectivity index (χ0n) is 14.8. The fourth-order valence-electron chi connectivity index (χ4n) is 3.66. The van der Waals surface area contributed by atoms with E-state index >= 15 is 0 Å². The van der Waals surface area contributed by atoms with E-state index in [1.54, 1.807) is 65.2 Å². The predicted octanol–water partition coefficient (Wildman–Crippen LogP) is 4.02. The van der Waals surface area contributed by atoms with Crippen molar-refractivity contribution >= 4 is 40.3 Å². The third-order valence-corrected chi connectivity index (χ3v) is 5.10. The van der Waals surface area contributed by atoms with Gasteiger partial charge in [0.15, 0.2) is 0 Å². The number of amides is 1. The summed E-state index contributed by atoms with van der Waals surface area (Å²) in [7, 11) is 0. The smallest absolute Gasteiger partial charge is 0.258 e. The van der Waals surface area contributed by atoms with Gasteiger partial charge in [-0.05, 0) is 42.5 Å². The van der Waals surface area contributed by atoms with Crippen LogP contribution in [0.25, 0.3) is 5.52 Å². The predicted molar refractivity (Wildman–Crippen MR) is 108 cm³/mol. The molecule has 1 aliphatic rings. The number of carbonyl (C=O) groups excluding carboxylic acids is 3. The van der Waals surface area contributed by atoms with E-state index in [9.17, 15) is 14.4 Å². The van der Waals surface area contributed by atoms with Gasteiger partial charge >= 0.3 is 0 Å². The van der Waals surface area contributed by atoms with Crippen molar-refractivity contribution < 1.29 is 14.4 Å². The molecule has 0 saturated heterocycles. The highest BCUT2D eigenvalue weighted by Crippen LogP contribution is 2.33. The number of rotatable bonds is 2. The van der Waals surface area contributed by atoms with Crippen molar-refractivity contribution in [2.75, 3.05) is 5.32 Å². The van der Waals surface area contributed by atoms with Crippen molar-refractivity contribution in [3.63, 3.8) is 0 Å². The Labute approximate surface area is 169 Å². The fourth-order valence-corrected chi connectivity index (χ4v) is 3.85. The van der Waals surface area contributed by atoms with E-state index in [2.05, 4.69) is 10.3 Å². The molecule has 0 unspecified atom stereocenters. The van der Waals surface area contributed by atoms with Gasteiger partial charge in [-0.3, -0.25) is 19.4 Å². The number of anilines is 1. The van der Waals surface area contributed by atoms with Crippen LogP contribution in [0, 0.1) is 0 Å². The number of benzene rings is 1. The van der Waals surface area contributed by atoms with Gasteiger partial charge in [0.05, 0.1) is 22.2 Å². The van der Waals surface area contributed by atoms with Crippen LogP contribution in [-0.2, 0) is 0 Å². The Hall–Kier alpha value is -3.77. The minimum absolute atomic E-state index is 0.0534. The van der Waals surface area contributed by atoms with Crippen molar-refractivity contribution in [1.29, 1.82) is 0 Å². The number of fused-ring (bicyclic) bond motifs is 4. The maximum Gasteiger partial charge on any atom is 0.258 e. The summed E-state index contributed by atoms with van der Waals surface area (Å²) in [4.78, 5) is 43.6. The van der Waals surface area contributed by atoms with Gasteiger partial charge in [0.2, 0.25) is 11.6 Å². The van der Waals surface area contributed by atoms with Gasteiger partial charge < -0.3 is 9.72 Å². The van der Waals surface area contributed by atoms with Crippen molar-refractivity contribution in [2.24, 2.45) is 0 Å². The Morgan fingerprint density at radius 1 is 1.00 bits per heavy atom. The highest BCUT2D eigenvalue weighted by Gasteiger charge is 2.38. The number of hydrogen-bond acceptors (Lipinski definition) is 4. The van der Waals surface area contributed by atoms with Crippen LogP contribution >= 0.6 is 11.6 Å². The molecule has 29 heavy (non-hydrogen) atoms. The number of nitrogens with one attached hydrogen (secondary N) is 1. The largest absolute Gasteiger partial charge is 0.322 e. The molecule has 0 saturated carbocycles. The highest BCUT2D eigenvalue weighted by atomic mass is 35.5. The second kappa shape index (κ2) is 6.39. The van der Waals surface area contributed by atoms with Crippen LogP contribution < -0.4 is 5.32 Å². The van der Waals surface area contributed by atoms with Crippen molar-refractivity contribution in [2.45, 2.75) is 0 Å². The number of halogens is 1. The van der Waals surface area contributed by atoms with E-state index < -0.39 is 11.7 Å². The molecule has 0 fully saturated rings. The number of nitrogens with zero attached hydrogens (tertiary/aromatic N) is 2. The maximum atomic E-state index is 13.2. The summed E-state index contributed by atoms with van der Waals surface area (Å²) >= 11 is 6.00. The molecule has 3 aromatic heterocycles. The SMILES string of the molecule is O=C1c2ncccc2C(=O)c2c1c(C(=O)Nc1cccc(Cl)c1)c1ccccn21. The van der Waals surface area contributed by atoms with Crippen LogP contribution in [0.2, 0.25) is 5.02 Å². The summed E-state index contributed by atoms with van der Waals surface area (Å²) in [5.41, 5.74) is 1.60. The lowest BCUT2D eigenvalue weighted by Crippen LogP contribution is -2.25. The number of aromatic nitrogens is 2. The van der Waals surface area contributed by atoms with Crippen LogP contribution in [0.5, 0.6) is 0 Å². The number of pyridine rings is 2. The summed E-state index contributed by atoms with van der Waals surface area (Å²) in [5, 5.41) is 3.23. The summed E-state index contributed by atoms with van der Waals surface area (Å²) < 4.78 is 1.58. The van der Waals surface area contributed by atoms with Gasteiger partial charge in [-0.25, -0.2) is 0 Å². The van der Waals surface area contributed by atoms with Gasteiger partial charge in [-0.1, -0.05) is 23.7 Å². The Morgan fingerprint density at radius 3 is 2.69 bits per heavy atom. The lowest BCUT2D eigenvalue weighted by atomic mass is 9.89. The first-order valence-corrected chi connectivity index (χ1v) is 9.18. The first kappa shape index (κ1) is 17.3. The molecule has 1 aliphatic carbocycles. The van der Waals surface area contributed by atoms with Gasteiger partial charge in [0, 0.05) is 23.1 Å². The van der Waals surface area contributed by atoms with Crippen LogP contribution in [-0.4, -0.2) is 26.9 Å². The first-order chi connectivity index (χ1) is 14.1. The molecule has 7 heteroatoms. The number of carbonyl (C=O) groups is 3. The number of hydrogen-bond donors (Lipinski definition) is 1. The summed E-state index contributed by atoms with van der Waals surface area (Å²) in [6.07, 6.45) is 3.12. The zero-order chi connectivity index (χ0) is 20.1. The Bertz CT molecular complexity index is 1360. The molecular weight excluding hydrogens is 390 g/mol. The third-order valence-electron chi connectivity index (χ3n) is 4.86. The molecular formula is C22H12ClN3O3. The van der Waals surface area contributed by atoms with Crippen molar-refractivity contribution in [3.8, 4) is 0 Å². The van der Waals surface area contributed by atoms with Crippen LogP contribution in [0.15, 0.2) is 67.0 Å². The monoisotopic (exact) mass is 401 g/mol. The Morgan fingerprint density at radius 2 is 1.86 bits per heavy atom. The lowest BCUT2D eigenvalue weighted by Gasteiger charge is -2.14. The molecule has 3 heterocycles. The van der Waals surface area contributed by atoms with E-state index in [0.29, 0.717) is 16.2 Å². The molecule has 0 spiro atoms. The first-order valence-electron chi connectivity index (χ1n) is 8.80. The quantitative estimate of drug-likeness (QED) is 0.484. The van der Waals surface area contributed by atoms with Gasteiger partial charge in [0.25, 0.3) is 5.91 Å². The lowest BCUT2D eigenvalue weighted by molar-refractivity contribution is 0.0965. The van der Waals surface area contributed by atoms with E-state index in [4.69, 9.17) is 11.6 Å².